The molecule has 0 fully saturated rings. The van der Waals surface area contributed by atoms with Crippen molar-refractivity contribution in [2.24, 2.45) is 0 Å². The highest BCUT2D eigenvalue weighted by Crippen LogP contribution is 2.64. The van der Waals surface area contributed by atoms with Gasteiger partial charge in [0.2, 0.25) is 0 Å². The highest BCUT2D eigenvalue weighted by atomic mass is 32.2. The largest absolute Gasteiger partial charge is 0.0888 e. The molecule has 0 saturated carbocycles. The van der Waals surface area contributed by atoms with Crippen LogP contribution in [0, 0.1) is 0 Å². The van der Waals surface area contributed by atoms with Crippen LogP contribution in [0.5, 0.6) is 0 Å². The summed E-state index contributed by atoms with van der Waals surface area (Å²) in [5, 5.41) is 2.68. The predicted molar refractivity (Wildman–Crippen MR) is 175 cm³/mol. The van der Waals surface area contributed by atoms with Crippen LogP contribution >= 0.6 is 11.8 Å². The Morgan fingerprint density at radius 3 is 1.64 bits per heavy atom. The first-order valence-electron chi connectivity index (χ1n) is 14.6. The summed E-state index contributed by atoms with van der Waals surface area (Å²) in [6.07, 6.45) is 0. The molecule has 1 aliphatic heterocycles. The molecule has 7 aromatic carbocycles. The van der Waals surface area contributed by atoms with Gasteiger partial charge in [0, 0.05) is 15.2 Å². The smallest absolute Gasteiger partial charge is 0.0731 e. The first kappa shape index (κ1) is 22.8. The maximum absolute atomic E-state index is 2.45. The molecule has 2 aliphatic carbocycles. The van der Waals surface area contributed by atoms with E-state index < -0.39 is 0 Å². The second-order valence-electron chi connectivity index (χ2n) is 11.6. The van der Waals surface area contributed by atoms with E-state index in [1.54, 1.807) is 0 Å². The second kappa shape index (κ2) is 8.12. The molecule has 0 radical (unpaired) electrons. The SMILES string of the molecule is c1ccc2c(c1)-c1ccccc1C21c2ccccc2-c2cccc(-c3ccc4c(c3)-c3cccc5cccc(c35)S4)c21. The lowest BCUT2D eigenvalue weighted by molar-refractivity contribution is 0.796. The third-order valence-corrected chi connectivity index (χ3v) is 10.8. The summed E-state index contributed by atoms with van der Waals surface area (Å²) in [7, 11) is 0. The maximum atomic E-state index is 2.45. The lowest BCUT2D eigenvalue weighted by atomic mass is 9.68. The topological polar surface area (TPSA) is 0 Å². The van der Waals surface area contributed by atoms with Crippen LogP contribution in [0.3, 0.4) is 0 Å². The number of benzene rings is 7. The molecule has 0 saturated heterocycles. The molecular weight excluding hydrogens is 525 g/mol. The minimum atomic E-state index is -0.354. The van der Waals surface area contributed by atoms with Gasteiger partial charge in [0.15, 0.2) is 0 Å². The van der Waals surface area contributed by atoms with Crippen LogP contribution in [0.25, 0.3) is 55.3 Å². The van der Waals surface area contributed by atoms with Gasteiger partial charge in [-0.05, 0) is 90.3 Å². The molecule has 1 heterocycles. The Hall–Kier alpha value is -4.85. The van der Waals surface area contributed by atoms with Gasteiger partial charge in [-0.3, -0.25) is 0 Å². The molecule has 194 valence electrons. The molecule has 10 rings (SSSR count). The van der Waals surface area contributed by atoms with Crippen molar-refractivity contribution in [2.75, 3.05) is 0 Å². The van der Waals surface area contributed by atoms with E-state index in [0.717, 1.165) is 0 Å². The average molecular weight is 549 g/mol. The Bertz CT molecular complexity index is 2220. The summed E-state index contributed by atoms with van der Waals surface area (Å²) in [4.78, 5) is 2.67. The van der Waals surface area contributed by atoms with Crippen molar-refractivity contribution < 1.29 is 0 Å². The average Bonchev–Trinajstić information content (AvgIpc) is 3.53. The van der Waals surface area contributed by atoms with Gasteiger partial charge in [0.05, 0.1) is 5.41 Å². The van der Waals surface area contributed by atoms with E-state index in [9.17, 15) is 0 Å². The molecule has 42 heavy (non-hydrogen) atoms. The number of hydrogen-bond acceptors (Lipinski definition) is 1. The molecule has 0 N–H and O–H groups in total. The summed E-state index contributed by atoms with van der Waals surface area (Å²) >= 11 is 1.89. The van der Waals surface area contributed by atoms with E-state index in [-0.39, 0.29) is 5.41 Å². The van der Waals surface area contributed by atoms with Crippen LogP contribution in [0.1, 0.15) is 22.3 Å². The molecule has 1 heteroatoms. The van der Waals surface area contributed by atoms with Gasteiger partial charge in [0.25, 0.3) is 0 Å². The second-order valence-corrected chi connectivity index (χ2v) is 12.7. The van der Waals surface area contributed by atoms with Crippen LogP contribution < -0.4 is 0 Å². The highest BCUT2D eigenvalue weighted by molar-refractivity contribution is 7.99. The van der Waals surface area contributed by atoms with Gasteiger partial charge in [-0.25, -0.2) is 0 Å². The van der Waals surface area contributed by atoms with Gasteiger partial charge in [-0.1, -0.05) is 139 Å². The van der Waals surface area contributed by atoms with Crippen molar-refractivity contribution in [1.29, 1.82) is 0 Å². The molecule has 0 bridgehead atoms. The Labute approximate surface area is 249 Å². The Morgan fingerprint density at radius 2 is 0.929 bits per heavy atom. The van der Waals surface area contributed by atoms with Crippen LogP contribution in [-0.2, 0) is 5.41 Å². The van der Waals surface area contributed by atoms with E-state index in [1.807, 2.05) is 11.8 Å². The fraction of sp³-hybridized carbons (Fsp3) is 0.0244. The van der Waals surface area contributed by atoms with Gasteiger partial charge in [0.1, 0.15) is 0 Å². The van der Waals surface area contributed by atoms with Crippen molar-refractivity contribution in [3.8, 4) is 44.5 Å². The Balaban J connectivity index is 1.30. The molecule has 1 spiro atoms. The first-order chi connectivity index (χ1) is 20.8. The van der Waals surface area contributed by atoms with Gasteiger partial charge in [-0.15, -0.1) is 0 Å². The van der Waals surface area contributed by atoms with Crippen molar-refractivity contribution >= 4 is 22.5 Å². The molecule has 7 aromatic rings. The fourth-order valence-corrected chi connectivity index (χ4v) is 9.26. The third kappa shape index (κ3) is 2.70. The normalized spacial score (nSPS) is 14.3. The van der Waals surface area contributed by atoms with Crippen LogP contribution in [0.2, 0.25) is 0 Å². The standard InChI is InChI=1S/C41H24S/c1-4-18-34-28(12-1)29-13-2-5-19-35(29)41(34)36-20-6-3-14-30(36)32-17-9-15-27(40(32)41)26-22-23-37-33(24-26)31-16-7-10-25-11-8-21-38(42-37)39(25)31/h1-24H. The van der Waals surface area contributed by atoms with E-state index in [4.69, 9.17) is 0 Å². The number of hydrogen-bond donors (Lipinski definition) is 0. The first-order valence-corrected chi connectivity index (χ1v) is 15.4. The Morgan fingerprint density at radius 1 is 0.381 bits per heavy atom. The zero-order chi connectivity index (χ0) is 27.4. The molecule has 0 atom stereocenters. The van der Waals surface area contributed by atoms with Crippen molar-refractivity contribution in [2.45, 2.75) is 15.2 Å². The number of rotatable bonds is 1. The fourth-order valence-electron chi connectivity index (χ4n) is 8.13. The minimum Gasteiger partial charge on any atom is -0.0888 e. The van der Waals surface area contributed by atoms with E-state index in [2.05, 4.69) is 146 Å². The van der Waals surface area contributed by atoms with Crippen molar-refractivity contribution in [3.63, 3.8) is 0 Å². The van der Waals surface area contributed by atoms with E-state index >= 15 is 0 Å². The summed E-state index contributed by atoms with van der Waals surface area (Å²) in [5.41, 5.74) is 15.8. The predicted octanol–water partition coefficient (Wildman–Crippen LogP) is 11.0. The highest BCUT2D eigenvalue weighted by Gasteiger charge is 2.52. The van der Waals surface area contributed by atoms with Crippen molar-refractivity contribution in [3.05, 3.63) is 168 Å². The lowest BCUT2D eigenvalue weighted by Gasteiger charge is -2.32. The summed E-state index contributed by atoms with van der Waals surface area (Å²) in [6, 6.07) is 54.7. The lowest BCUT2D eigenvalue weighted by Crippen LogP contribution is -2.26. The molecule has 0 aromatic heterocycles. The summed E-state index contributed by atoms with van der Waals surface area (Å²) in [6.45, 7) is 0. The van der Waals surface area contributed by atoms with Crippen LogP contribution in [0.4, 0.5) is 0 Å². The quantitative estimate of drug-likeness (QED) is 0.197. The van der Waals surface area contributed by atoms with Gasteiger partial charge < -0.3 is 0 Å². The van der Waals surface area contributed by atoms with E-state index in [0.29, 0.717) is 0 Å². The van der Waals surface area contributed by atoms with Crippen LogP contribution in [0.15, 0.2) is 155 Å². The Kier molecular flexibility index (Phi) is 4.41. The van der Waals surface area contributed by atoms with E-state index in [1.165, 1.54) is 87.3 Å². The molecular formula is C41H24S. The molecule has 3 aliphatic rings. The van der Waals surface area contributed by atoms with Crippen molar-refractivity contribution in [1.82, 2.24) is 0 Å². The molecule has 0 nitrogen and oxygen atoms in total. The minimum absolute atomic E-state index is 0.354. The van der Waals surface area contributed by atoms with Crippen LogP contribution in [-0.4, -0.2) is 0 Å². The van der Waals surface area contributed by atoms with Gasteiger partial charge in [-0.2, -0.15) is 0 Å². The number of fused-ring (bicyclic) bond motifs is 12. The zero-order valence-corrected chi connectivity index (χ0v) is 23.6. The molecule has 0 amide bonds. The van der Waals surface area contributed by atoms with Gasteiger partial charge >= 0.3 is 0 Å². The zero-order valence-electron chi connectivity index (χ0n) is 22.8. The third-order valence-electron chi connectivity index (χ3n) is 9.68. The summed E-state index contributed by atoms with van der Waals surface area (Å²) in [5.74, 6) is 0. The maximum Gasteiger partial charge on any atom is 0.0731 e. The summed E-state index contributed by atoms with van der Waals surface area (Å²) < 4.78 is 0. The molecule has 0 unspecified atom stereocenters. The monoisotopic (exact) mass is 548 g/mol.